The Hall–Kier alpha value is -2.64. The molecule has 0 aliphatic rings. The smallest absolute Gasteiger partial charge is 0.230 e. The summed E-state index contributed by atoms with van der Waals surface area (Å²) in [6, 6.07) is 13.9. The summed E-state index contributed by atoms with van der Waals surface area (Å²) < 4.78 is 7.17. The van der Waals surface area contributed by atoms with E-state index < -0.39 is 0 Å². The van der Waals surface area contributed by atoms with Crippen LogP contribution in [0.5, 0.6) is 5.88 Å². The molecule has 0 bridgehead atoms. The molecular formula is C18H18N4O2S. The zero-order valence-electron chi connectivity index (χ0n) is 13.7. The summed E-state index contributed by atoms with van der Waals surface area (Å²) in [6.07, 6.45) is 3.10. The molecule has 3 heterocycles. The molecule has 1 N–H and O–H groups in total. The number of aromatic hydroxyl groups is 1. The van der Waals surface area contributed by atoms with E-state index in [1.165, 1.54) is 27.7 Å². The number of hydrogen-bond acceptors (Lipinski definition) is 6. The lowest BCUT2D eigenvalue weighted by Gasteiger charge is -2.28. The summed E-state index contributed by atoms with van der Waals surface area (Å²) in [7, 11) is 0. The van der Waals surface area contributed by atoms with Crippen LogP contribution in [0.4, 0.5) is 0 Å². The van der Waals surface area contributed by atoms with Crippen molar-refractivity contribution in [2.45, 2.75) is 19.5 Å². The monoisotopic (exact) mass is 354 g/mol. The topological polar surface area (TPSA) is 66.8 Å². The van der Waals surface area contributed by atoms with E-state index in [0.717, 1.165) is 23.7 Å². The molecule has 0 amide bonds. The van der Waals surface area contributed by atoms with Gasteiger partial charge in [-0.15, -0.1) is 0 Å². The summed E-state index contributed by atoms with van der Waals surface area (Å²) in [5, 5.41) is 14.7. The number of benzene rings is 1. The van der Waals surface area contributed by atoms with Gasteiger partial charge >= 0.3 is 0 Å². The van der Waals surface area contributed by atoms with Crippen molar-refractivity contribution in [2.75, 3.05) is 6.54 Å². The Kier molecular flexibility index (Phi) is 4.25. The summed E-state index contributed by atoms with van der Waals surface area (Å²) in [5.74, 6) is 0.906. The Balaban J connectivity index is 1.77. The molecule has 0 aliphatic carbocycles. The number of thiazole rings is 1. The number of rotatable bonds is 6. The molecule has 0 saturated carbocycles. The maximum atomic E-state index is 10.7. The molecule has 0 aliphatic heterocycles. The standard InChI is InChI=1S/C18H18N4O2S/c1-2-21(11-13-7-4-3-5-8-13)15(14-9-6-10-24-14)16-17(23)22-18(25-16)19-12-20-22/h3-10,12,15,23H,2,11H2,1H3. The lowest BCUT2D eigenvalue weighted by molar-refractivity contribution is 0.203. The SMILES string of the molecule is CCN(Cc1ccccc1)C(c1ccco1)c1sc2ncnn2c1O. The first-order valence-electron chi connectivity index (χ1n) is 8.10. The maximum absolute atomic E-state index is 10.7. The van der Waals surface area contributed by atoms with Crippen molar-refractivity contribution in [3.63, 3.8) is 0 Å². The molecular weight excluding hydrogens is 336 g/mol. The van der Waals surface area contributed by atoms with Gasteiger partial charge in [0.2, 0.25) is 10.8 Å². The lowest BCUT2D eigenvalue weighted by atomic mass is 10.1. The molecule has 4 rings (SSSR count). The minimum Gasteiger partial charge on any atom is -0.492 e. The predicted octanol–water partition coefficient (Wildman–Crippen LogP) is 3.70. The van der Waals surface area contributed by atoms with Crippen LogP contribution in [0.15, 0.2) is 59.5 Å². The molecule has 1 unspecified atom stereocenters. The van der Waals surface area contributed by atoms with Crippen LogP contribution in [0, 0.1) is 0 Å². The third kappa shape index (κ3) is 2.92. The minimum absolute atomic E-state index is 0.116. The number of fused-ring (bicyclic) bond motifs is 1. The first-order chi connectivity index (χ1) is 12.3. The molecule has 0 radical (unpaired) electrons. The molecule has 0 saturated heterocycles. The predicted molar refractivity (Wildman–Crippen MR) is 95.6 cm³/mol. The Labute approximate surface area is 149 Å². The number of nitrogens with zero attached hydrogens (tertiary/aromatic N) is 4. The normalized spacial score (nSPS) is 12.9. The van der Waals surface area contributed by atoms with Crippen LogP contribution in [0.2, 0.25) is 0 Å². The van der Waals surface area contributed by atoms with Crippen molar-refractivity contribution in [1.82, 2.24) is 19.5 Å². The zero-order valence-corrected chi connectivity index (χ0v) is 14.6. The molecule has 1 atom stereocenters. The van der Waals surface area contributed by atoms with Gasteiger partial charge in [0.15, 0.2) is 0 Å². The highest BCUT2D eigenvalue weighted by atomic mass is 32.1. The molecule has 3 aromatic heterocycles. The summed E-state index contributed by atoms with van der Waals surface area (Å²) in [4.78, 5) is 7.90. The molecule has 0 fully saturated rings. The van der Waals surface area contributed by atoms with Gasteiger partial charge in [-0.25, -0.2) is 4.98 Å². The molecule has 4 aromatic rings. The molecule has 0 spiro atoms. The van der Waals surface area contributed by atoms with Crippen LogP contribution in [0.1, 0.15) is 29.2 Å². The van der Waals surface area contributed by atoms with Crippen LogP contribution in [-0.4, -0.2) is 31.1 Å². The van der Waals surface area contributed by atoms with Crippen LogP contribution >= 0.6 is 11.3 Å². The third-order valence-corrected chi connectivity index (χ3v) is 5.29. The number of furan rings is 1. The fourth-order valence-corrected chi connectivity index (χ4v) is 4.07. The van der Waals surface area contributed by atoms with Gasteiger partial charge in [0.05, 0.1) is 11.1 Å². The summed E-state index contributed by atoms with van der Waals surface area (Å²) >= 11 is 1.43. The third-order valence-electron chi connectivity index (χ3n) is 4.20. The molecule has 25 heavy (non-hydrogen) atoms. The van der Waals surface area contributed by atoms with Crippen molar-refractivity contribution >= 4 is 16.3 Å². The van der Waals surface area contributed by atoms with Gasteiger partial charge in [0.25, 0.3) is 0 Å². The van der Waals surface area contributed by atoms with Crippen molar-refractivity contribution in [1.29, 1.82) is 0 Å². The second-order valence-electron chi connectivity index (χ2n) is 5.71. The van der Waals surface area contributed by atoms with Gasteiger partial charge in [0.1, 0.15) is 18.1 Å². The Morgan fingerprint density at radius 3 is 2.76 bits per heavy atom. The second-order valence-corrected chi connectivity index (χ2v) is 6.72. The fraction of sp³-hybridized carbons (Fsp3) is 0.222. The van der Waals surface area contributed by atoms with Gasteiger partial charge in [-0.05, 0) is 24.2 Å². The summed E-state index contributed by atoms with van der Waals surface area (Å²) in [6.45, 7) is 3.65. The highest BCUT2D eigenvalue weighted by Gasteiger charge is 2.30. The van der Waals surface area contributed by atoms with E-state index in [2.05, 4.69) is 34.0 Å². The average Bonchev–Trinajstić information content (AvgIpc) is 3.36. The Bertz CT molecular complexity index is 946. The highest BCUT2D eigenvalue weighted by Crippen LogP contribution is 2.40. The summed E-state index contributed by atoms with van der Waals surface area (Å²) in [5.41, 5.74) is 1.21. The van der Waals surface area contributed by atoms with E-state index in [9.17, 15) is 5.11 Å². The molecule has 128 valence electrons. The Morgan fingerprint density at radius 2 is 2.08 bits per heavy atom. The van der Waals surface area contributed by atoms with Crippen molar-refractivity contribution in [3.05, 3.63) is 71.3 Å². The van der Waals surface area contributed by atoms with Gasteiger partial charge in [-0.2, -0.15) is 9.61 Å². The quantitative estimate of drug-likeness (QED) is 0.572. The van der Waals surface area contributed by atoms with Crippen LogP contribution in [-0.2, 0) is 6.54 Å². The van der Waals surface area contributed by atoms with Gasteiger partial charge in [-0.3, -0.25) is 4.90 Å². The minimum atomic E-state index is -0.200. The van der Waals surface area contributed by atoms with E-state index >= 15 is 0 Å². The number of aromatic nitrogens is 3. The van der Waals surface area contributed by atoms with E-state index in [0.29, 0.717) is 4.96 Å². The second kappa shape index (κ2) is 6.70. The highest BCUT2D eigenvalue weighted by molar-refractivity contribution is 7.17. The van der Waals surface area contributed by atoms with Crippen LogP contribution < -0.4 is 0 Å². The lowest BCUT2D eigenvalue weighted by Crippen LogP contribution is -2.28. The van der Waals surface area contributed by atoms with E-state index in [-0.39, 0.29) is 11.9 Å². The molecule has 1 aromatic carbocycles. The van der Waals surface area contributed by atoms with Gasteiger partial charge in [0, 0.05) is 6.54 Å². The first kappa shape index (κ1) is 15.9. The average molecular weight is 354 g/mol. The zero-order chi connectivity index (χ0) is 17.2. The van der Waals surface area contributed by atoms with Gasteiger partial charge in [-0.1, -0.05) is 48.6 Å². The molecule has 6 nitrogen and oxygen atoms in total. The van der Waals surface area contributed by atoms with E-state index in [1.807, 2.05) is 30.3 Å². The van der Waals surface area contributed by atoms with Crippen molar-refractivity contribution in [3.8, 4) is 5.88 Å². The Morgan fingerprint density at radius 1 is 1.24 bits per heavy atom. The molecule has 7 heteroatoms. The fourth-order valence-electron chi connectivity index (χ4n) is 3.00. The van der Waals surface area contributed by atoms with Crippen molar-refractivity contribution < 1.29 is 9.52 Å². The van der Waals surface area contributed by atoms with Gasteiger partial charge < -0.3 is 9.52 Å². The van der Waals surface area contributed by atoms with Crippen molar-refractivity contribution in [2.24, 2.45) is 0 Å². The number of hydrogen-bond donors (Lipinski definition) is 1. The first-order valence-corrected chi connectivity index (χ1v) is 8.92. The maximum Gasteiger partial charge on any atom is 0.230 e. The van der Waals surface area contributed by atoms with E-state index in [1.54, 1.807) is 6.26 Å². The van der Waals surface area contributed by atoms with E-state index in [4.69, 9.17) is 4.42 Å². The van der Waals surface area contributed by atoms with Crippen LogP contribution in [0.3, 0.4) is 0 Å². The largest absolute Gasteiger partial charge is 0.492 e. The van der Waals surface area contributed by atoms with Crippen LogP contribution in [0.25, 0.3) is 4.96 Å².